The van der Waals surface area contributed by atoms with Gasteiger partial charge in [-0.3, -0.25) is 0 Å². The zero-order valence-corrected chi connectivity index (χ0v) is 11.1. The molecular weight excluding hydrogens is 233 g/mol. The van der Waals surface area contributed by atoms with Gasteiger partial charge in [0.1, 0.15) is 18.2 Å². The van der Waals surface area contributed by atoms with Gasteiger partial charge in [0.25, 0.3) is 0 Å². The van der Waals surface area contributed by atoms with E-state index in [1.54, 1.807) is 0 Å². The highest BCUT2D eigenvalue weighted by Crippen LogP contribution is 2.17. The van der Waals surface area contributed by atoms with Crippen LogP contribution in [0.3, 0.4) is 0 Å². The minimum atomic E-state index is -0.294. The Morgan fingerprint density at radius 2 is 2.00 bits per heavy atom. The first-order valence-electron chi connectivity index (χ1n) is 6.37. The second-order valence-electron chi connectivity index (χ2n) is 4.44. The molecule has 0 amide bonds. The van der Waals surface area contributed by atoms with Gasteiger partial charge in [-0.2, -0.15) is 0 Å². The molecule has 0 saturated carbocycles. The third-order valence-corrected chi connectivity index (χ3v) is 2.33. The van der Waals surface area contributed by atoms with Gasteiger partial charge in [0.15, 0.2) is 0 Å². The second-order valence-corrected chi connectivity index (χ2v) is 4.44. The number of hydrogen-bond donors (Lipinski definition) is 1. The van der Waals surface area contributed by atoms with Crippen LogP contribution in [-0.2, 0) is 11.2 Å². The van der Waals surface area contributed by atoms with Gasteiger partial charge in [0, 0.05) is 18.7 Å². The average Bonchev–Trinajstić information content (AvgIpc) is 2.27. The minimum absolute atomic E-state index is 0.00698. The number of halogens is 1. The van der Waals surface area contributed by atoms with Crippen molar-refractivity contribution in [1.82, 2.24) is 0 Å². The smallest absolute Gasteiger partial charge is 0.127 e. The third kappa shape index (κ3) is 5.98. The molecule has 0 aliphatic rings. The normalized spacial score (nSPS) is 12.4. The highest BCUT2D eigenvalue weighted by Gasteiger charge is 2.04. The summed E-state index contributed by atoms with van der Waals surface area (Å²) in [4.78, 5) is 0. The molecule has 102 valence electrons. The maximum atomic E-state index is 13.4. The van der Waals surface area contributed by atoms with E-state index in [4.69, 9.17) is 15.2 Å². The van der Waals surface area contributed by atoms with Crippen molar-refractivity contribution < 1.29 is 13.9 Å². The standard InChI is InChI=1S/C14H22FNO2/c1-3-4-17-5-6-18-14-9-12(7-11(2)16)8-13(15)10-14/h8-11H,3-7,16H2,1-2H3. The van der Waals surface area contributed by atoms with Crippen molar-refractivity contribution in [3.05, 3.63) is 29.6 Å². The quantitative estimate of drug-likeness (QED) is 0.726. The van der Waals surface area contributed by atoms with Gasteiger partial charge in [-0.15, -0.1) is 0 Å². The maximum absolute atomic E-state index is 13.4. The lowest BCUT2D eigenvalue weighted by atomic mass is 10.1. The molecule has 4 heteroatoms. The van der Waals surface area contributed by atoms with Crippen LogP contribution < -0.4 is 10.5 Å². The summed E-state index contributed by atoms with van der Waals surface area (Å²) in [5.41, 5.74) is 6.55. The van der Waals surface area contributed by atoms with Gasteiger partial charge in [-0.05, 0) is 37.5 Å². The zero-order valence-electron chi connectivity index (χ0n) is 11.1. The van der Waals surface area contributed by atoms with Crippen molar-refractivity contribution in [2.45, 2.75) is 32.7 Å². The Bertz CT molecular complexity index is 356. The number of rotatable bonds is 8. The van der Waals surface area contributed by atoms with Gasteiger partial charge >= 0.3 is 0 Å². The molecule has 1 unspecified atom stereocenters. The van der Waals surface area contributed by atoms with Crippen molar-refractivity contribution in [2.75, 3.05) is 19.8 Å². The lowest BCUT2D eigenvalue weighted by Gasteiger charge is -2.10. The monoisotopic (exact) mass is 255 g/mol. The van der Waals surface area contributed by atoms with Crippen LogP contribution >= 0.6 is 0 Å². The first kappa shape index (κ1) is 14.9. The Morgan fingerprint density at radius 1 is 1.22 bits per heavy atom. The lowest BCUT2D eigenvalue weighted by molar-refractivity contribution is 0.100. The van der Waals surface area contributed by atoms with E-state index in [0.29, 0.717) is 25.4 Å². The molecule has 0 aromatic heterocycles. The fourth-order valence-corrected chi connectivity index (χ4v) is 1.66. The lowest BCUT2D eigenvalue weighted by Crippen LogP contribution is -2.18. The van der Waals surface area contributed by atoms with E-state index in [1.165, 1.54) is 12.1 Å². The van der Waals surface area contributed by atoms with E-state index in [-0.39, 0.29) is 11.9 Å². The number of hydrogen-bond acceptors (Lipinski definition) is 3. The molecule has 1 rings (SSSR count). The molecule has 0 spiro atoms. The Hall–Kier alpha value is -1.13. The molecule has 0 bridgehead atoms. The number of benzene rings is 1. The average molecular weight is 255 g/mol. The summed E-state index contributed by atoms with van der Waals surface area (Å²) in [5, 5.41) is 0. The molecule has 0 aliphatic carbocycles. The van der Waals surface area contributed by atoms with Crippen LogP contribution in [0.15, 0.2) is 18.2 Å². The Balaban J connectivity index is 2.46. The molecule has 3 nitrogen and oxygen atoms in total. The summed E-state index contributed by atoms with van der Waals surface area (Å²) >= 11 is 0. The third-order valence-electron chi connectivity index (χ3n) is 2.33. The predicted molar refractivity (Wildman–Crippen MR) is 70.4 cm³/mol. The molecule has 1 aromatic carbocycles. The van der Waals surface area contributed by atoms with Crippen LogP contribution in [0.1, 0.15) is 25.8 Å². The van der Waals surface area contributed by atoms with Crippen molar-refractivity contribution in [3.8, 4) is 5.75 Å². The van der Waals surface area contributed by atoms with Crippen LogP contribution in [0.5, 0.6) is 5.75 Å². The van der Waals surface area contributed by atoms with Crippen LogP contribution in [0, 0.1) is 5.82 Å². The number of ether oxygens (including phenoxy) is 2. The van der Waals surface area contributed by atoms with Gasteiger partial charge in [-0.1, -0.05) is 6.92 Å². The Labute approximate surface area is 108 Å². The van der Waals surface area contributed by atoms with Crippen molar-refractivity contribution in [1.29, 1.82) is 0 Å². The van der Waals surface area contributed by atoms with E-state index in [1.807, 2.05) is 19.9 Å². The molecule has 0 fully saturated rings. The summed E-state index contributed by atoms with van der Waals surface area (Å²) in [6, 6.07) is 4.70. The van der Waals surface area contributed by atoms with Crippen LogP contribution in [0.4, 0.5) is 4.39 Å². The van der Waals surface area contributed by atoms with Gasteiger partial charge in [-0.25, -0.2) is 4.39 Å². The summed E-state index contributed by atoms with van der Waals surface area (Å²) in [6.07, 6.45) is 1.62. The molecular formula is C14H22FNO2. The van der Waals surface area contributed by atoms with E-state index >= 15 is 0 Å². The molecule has 0 aliphatic heterocycles. The van der Waals surface area contributed by atoms with E-state index < -0.39 is 0 Å². The van der Waals surface area contributed by atoms with Gasteiger partial charge in [0.2, 0.25) is 0 Å². The summed E-state index contributed by atoms with van der Waals surface area (Å²) in [5.74, 6) is 0.239. The van der Waals surface area contributed by atoms with E-state index in [2.05, 4.69) is 0 Å². The van der Waals surface area contributed by atoms with Gasteiger partial charge < -0.3 is 15.2 Å². The predicted octanol–water partition coefficient (Wildman–Crippen LogP) is 2.52. The first-order chi connectivity index (χ1) is 8.61. The summed E-state index contributed by atoms with van der Waals surface area (Å²) < 4.78 is 24.1. The Kier molecular flexibility index (Phi) is 6.68. The zero-order chi connectivity index (χ0) is 13.4. The largest absolute Gasteiger partial charge is 0.491 e. The van der Waals surface area contributed by atoms with Crippen LogP contribution in [-0.4, -0.2) is 25.9 Å². The molecule has 1 atom stereocenters. The molecule has 1 aromatic rings. The second kappa shape index (κ2) is 8.06. The molecule has 0 heterocycles. The fraction of sp³-hybridized carbons (Fsp3) is 0.571. The van der Waals surface area contributed by atoms with E-state index in [9.17, 15) is 4.39 Å². The van der Waals surface area contributed by atoms with Crippen molar-refractivity contribution in [2.24, 2.45) is 5.73 Å². The minimum Gasteiger partial charge on any atom is -0.491 e. The molecule has 18 heavy (non-hydrogen) atoms. The summed E-state index contributed by atoms with van der Waals surface area (Å²) in [6.45, 7) is 5.62. The topological polar surface area (TPSA) is 44.5 Å². The SMILES string of the molecule is CCCOCCOc1cc(F)cc(CC(C)N)c1. The van der Waals surface area contributed by atoms with E-state index in [0.717, 1.165) is 18.6 Å². The highest BCUT2D eigenvalue weighted by atomic mass is 19.1. The van der Waals surface area contributed by atoms with Gasteiger partial charge in [0.05, 0.1) is 6.61 Å². The number of nitrogens with two attached hydrogens (primary N) is 1. The molecule has 0 saturated heterocycles. The van der Waals surface area contributed by atoms with Crippen LogP contribution in [0.2, 0.25) is 0 Å². The van der Waals surface area contributed by atoms with Crippen LogP contribution in [0.25, 0.3) is 0 Å². The maximum Gasteiger partial charge on any atom is 0.127 e. The molecule has 2 N–H and O–H groups in total. The highest BCUT2D eigenvalue weighted by molar-refractivity contribution is 5.30. The van der Waals surface area contributed by atoms with Crippen molar-refractivity contribution >= 4 is 0 Å². The first-order valence-corrected chi connectivity index (χ1v) is 6.37. The molecule has 0 radical (unpaired) electrons. The summed E-state index contributed by atoms with van der Waals surface area (Å²) in [7, 11) is 0. The fourth-order valence-electron chi connectivity index (χ4n) is 1.66. The Morgan fingerprint density at radius 3 is 2.67 bits per heavy atom. The van der Waals surface area contributed by atoms with Crippen molar-refractivity contribution in [3.63, 3.8) is 0 Å².